The molecule has 104 valence electrons. The highest BCUT2D eigenvalue weighted by atomic mass is 16.6. The summed E-state index contributed by atoms with van der Waals surface area (Å²) < 4.78 is 6.04. The zero-order chi connectivity index (χ0) is 12.8. The molecule has 0 aromatic carbocycles. The van der Waals surface area contributed by atoms with Crippen LogP contribution in [0.15, 0.2) is 0 Å². The third kappa shape index (κ3) is 2.00. The normalized spacial score (nSPS) is 51.8. The Hall–Kier alpha value is -0.120. The van der Waals surface area contributed by atoms with Crippen molar-refractivity contribution in [3.8, 4) is 0 Å². The highest BCUT2D eigenvalue weighted by molar-refractivity contribution is 5.00. The van der Waals surface area contributed by atoms with Gasteiger partial charge in [0.05, 0.1) is 12.2 Å². The summed E-state index contributed by atoms with van der Waals surface area (Å²) in [7, 11) is 0. The minimum atomic E-state index is -0.886. The Morgan fingerprint density at radius 2 is 1.94 bits per heavy atom. The van der Waals surface area contributed by atoms with Gasteiger partial charge in [0.1, 0.15) is 0 Å². The average Bonchev–Trinajstić information content (AvgIpc) is 2.70. The SMILES string of the molecule is CCCC1CCC2[C@@H]3CCC(O)[C@H]3CCC2(O)O1. The number of ether oxygens (including phenoxy) is 1. The van der Waals surface area contributed by atoms with E-state index in [-0.39, 0.29) is 18.1 Å². The van der Waals surface area contributed by atoms with Gasteiger partial charge in [-0.15, -0.1) is 0 Å². The van der Waals surface area contributed by atoms with Crippen LogP contribution in [0.25, 0.3) is 0 Å². The maximum atomic E-state index is 10.8. The van der Waals surface area contributed by atoms with Crippen LogP contribution in [-0.4, -0.2) is 28.2 Å². The molecule has 3 rings (SSSR count). The summed E-state index contributed by atoms with van der Waals surface area (Å²) in [5, 5.41) is 20.8. The second-order valence-electron chi connectivity index (χ2n) is 6.57. The highest BCUT2D eigenvalue weighted by Gasteiger charge is 2.55. The summed E-state index contributed by atoms with van der Waals surface area (Å²) in [6, 6.07) is 0. The third-order valence-electron chi connectivity index (χ3n) is 5.55. The van der Waals surface area contributed by atoms with Gasteiger partial charge in [0.25, 0.3) is 0 Å². The number of fused-ring (bicyclic) bond motifs is 3. The topological polar surface area (TPSA) is 49.7 Å². The third-order valence-corrected chi connectivity index (χ3v) is 5.55. The molecule has 18 heavy (non-hydrogen) atoms. The molecule has 1 heterocycles. The van der Waals surface area contributed by atoms with Crippen LogP contribution in [0.4, 0.5) is 0 Å². The molecule has 1 aliphatic heterocycles. The zero-order valence-corrected chi connectivity index (χ0v) is 11.3. The molecule has 0 aromatic heterocycles. The van der Waals surface area contributed by atoms with Gasteiger partial charge in [-0.2, -0.15) is 0 Å². The van der Waals surface area contributed by atoms with E-state index in [1.54, 1.807) is 0 Å². The molecule has 0 spiro atoms. The average molecular weight is 254 g/mol. The van der Waals surface area contributed by atoms with Crippen molar-refractivity contribution in [3.63, 3.8) is 0 Å². The van der Waals surface area contributed by atoms with E-state index in [1.165, 1.54) is 0 Å². The first kappa shape index (κ1) is 12.9. The number of aliphatic hydroxyl groups is 2. The van der Waals surface area contributed by atoms with Gasteiger partial charge in [-0.05, 0) is 50.4 Å². The Balaban J connectivity index is 1.73. The van der Waals surface area contributed by atoms with Gasteiger partial charge in [-0.25, -0.2) is 0 Å². The lowest BCUT2D eigenvalue weighted by Gasteiger charge is -2.51. The molecule has 3 fully saturated rings. The van der Waals surface area contributed by atoms with E-state index in [4.69, 9.17) is 4.74 Å². The maximum Gasteiger partial charge on any atom is 0.168 e. The minimum Gasteiger partial charge on any atom is -0.393 e. The number of aliphatic hydroxyl groups excluding tert-OH is 1. The van der Waals surface area contributed by atoms with E-state index in [9.17, 15) is 10.2 Å². The molecular weight excluding hydrogens is 228 g/mol. The maximum absolute atomic E-state index is 10.8. The monoisotopic (exact) mass is 254 g/mol. The largest absolute Gasteiger partial charge is 0.393 e. The van der Waals surface area contributed by atoms with Crippen molar-refractivity contribution >= 4 is 0 Å². The smallest absolute Gasteiger partial charge is 0.168 e. The lowest BCUT2D eigenvalue weighted by molar-refractivity contribution is -0.311. The van der Waals surface area contributed by atoms with Crippen molar-refractivity contribution in [2.75, 3.05) is 0 Å². The van der Waals surface area contributed by atoms with E-state index >= 15 is 0 Å². The summed E-state index contributed by atoms with van der Waals surface area (Å²) in [4.78, 5) is 0. The molecule has 3 heteroatoms. The van der Waals surface area contributed by atoms with E-state index < -0.39 is 5.79 Å². The molecule has 4 unspecified atom stereocenters. The molecule has 0 bridgehead atoms. The lowest BCUT2D eigenvalue weighted by atomic mass is 9.66. The van der Waals surface area contributed by atoms with Crippen LogP contribution in [0.2, 0.25) is 0 Å². The van der Waals surface area contributed by atoms with Crippen LogP contribution in [0.1, 0.15) is 58.3 Å². The van der Waals surface area contributed by atoms with Gasteiger partial charge in [-0.3, -0.25) is 0 Å². The van der Waals surface area contributed by atoms with E-state index in [1.807, 2.05) is 0 Å². The first-order chi connectivity index (χ1) is 8.64. The molecule has 3 nitrogen and oxygen atoms in total. The molecule has 0 radical (unpaired) electrons. The molecule has 3 aliphatic rings. The van der Waals surface area contributed by atoms with Gasteiger partial charge >= 0.3 is 0 Å². The molecule has 0 amide bonds. The van der Waals surface area contributed by atoms with Crippen molar-refractivity contribution in [1.29, 1.82) is 0 Å². The zero-order valence-electron chi connectivity index (χ0n) is 11.3. The fraction of sp³-hybridized carbons (Fsp3) is 1.00. The Morgan fingerprint density at radius 1 is 1.11 bits per heavy atom. The molecule has 2 aliphatic carbocycles. The van der Waals surface area contributed by atoms with E-state index in [2.05, 4.69) is 6.92 Å². The van der Waals surface area contributed by atoms with Gasteiger partial charge < -0.3 is 14.9 Å². The summed E-state index contributed by atoms with van der Waals surface area (Å²) in [5.41, 5.74) is 0. The molecule has 1 saturated heterocycles. The Morgan fingerprint density at radius 3 is 2.72 bits per heavy atom. The molecule has 2 N–H and O–H groups in total. The van der Waals surface area contributed by atoms with Crippen LogP contribution in [0.3, 0.4) is 0 Å². The van der Waals surface area contributed by atoms with Crippen LogP contribution in [-0.2, 0) is 4.74 Å². The number of rotatable bonds is 2. The minimum absolute atomic E-state index is 0.132. The summed E-state index contributed by atoms with van der Waals surface area (Å²) in [6.45, 7) is 2.17. The second kappa shape index (κ2) is 4.77. The van der Waals surface area contributed by atoms with E-state index in [0.29, 0.717) is 11.8 Å². The van der Waals surface area contributed by atoms with Crippen molar-refractivity contribution in [1.82, 2.24) is 0 Å². The van der Waals surface area contributed by atoms with Gasteiger partial charge in [0, 0.05) is 12.3 Å². The van der Waals surface area contributed by atoms with Gasteiger partial charge in [0.15, 0.2) is 5.79 Å². The molecule has 2 saturated carbocycles. The van der Waals surface area contributed by atoms with E-state index in [0.717, 1.165) is 51.4 Å². The van der Waals surface area contributed by atoms with Crippen LogP contribution in [0, 0.1) is 17.8 Å². The lowest BCUT2D eigenvalue weighted by Crippen LogP contribution is -2.54. The predicted octanol–water partition coefficient (Wildman–Crippen LogP) is 2.45. The van der Waals surface area contributed by atoms with Crippen LogP contribution in [0.5, 0.6) is 0 Å². The Kier molecular flexibility index (Phi) is 3.41. The predicted molar refractivity (Wildman–Crippen MR) is 68.9 cm³/mol. The number of hydrogen-bond donors (Lipinski definition) is 2. The standard InChI is InChI=1S/C15H26O3/c1-2-3-10-4-6-13-11-5-7-14(16)12(11)8-9-15(13,17)18-10/h10-14,16-17H,2-9H2,1H3/t10?,11-,12+,13?,14?,15?/m1/s1. The highest BCUT2D eigenvalue weighted by Crippen LogP contribution is 2.54. The van der Waals surface area contributed by atoms with Crippen LogP contribution < -0.4 is 0 Å². The fourth-order valence-electron chi connectivity index (χ4n) is 4.70. The van der Waals surface area contributed by atoms with Crippen molar-refractivity contribution in [2.45, 2.75) is 76.3 Å². The van der Waals surface area contributed by atoms with Crippen molar-refractivity contribution < 1.29 is 14.9 Å². The van der Waals surface area contributed by atoms with Crippen LogP contribution >= 0.6 is 0 Å². The molecule has 6 atom stereocenters. The first-order valence-electron chi connectivity index (χ1n) is 7.72. The molecular formula is C15H26O3. The van der Waals surface area contributed by atoms with Gasteiger partial charge in [-0.1, -0.05) is 13.3 Å². The van der Waals surface area contributed by atoms with Gasteiger partial charge in [0.2, 0.25) is 0 Å². The Bertz CT molecular complexity index is 306. The second-order valence-corrected chi connectivity index (χ2v) is 6.57. The Labute approximate surface area is 110 Å². The fourth-order valence-corrected chi connectivity index (χ4v) is 4.70. The summed E-state index contributed by atoms with van der Waals surface area (Å²) in [6.07, 6.45) is 8.10. The molecule has 0 aromatic rings. The quantitative estimate of drug-likeness (QED) is 0.796. The first-order valence-corrected chi connectivity index (χ1v) is 7.72. The summed E-state index contributed by atoms with van der Waals surface area (Å²) >= 11 is 0. The number of hydrogen-bond acceptors (Lipinski definition) is 3. The van der Waals surface area contributed by atoms with Crippen molar-refractivity contribution in [3.05, 3.63) is 0 Å². The summed E-state index contributed by atoms with van der Waals surface area (Å²) in [5.74, 6) is 0.285. The van der Waals surface area contributed by atoms with Crippen molar-refractivity contribution in [2.24, 2.45) is 17.8 Å².